The highest BCUT2D eigenvalue weighted by molar-refractivity contribution is 6.22. The number of aromatic amines is 1. The van der Waals surface area contributed by atoms with Crippen LogP contribution in [0.2, 0.25) is 0 Å². The van der Waals surface area contributed by atoms with E-state index >= 15 is 0 Å². The molecule has 0 aliphatic rings. The largest absolute Gasteiger partial charge is 0.494 e. The molecule has 0 radical (unpaired) electrons. The summed E-state index contributed by atoms with van der Waals surface area (Å²) in [6, 6.07) is 43.3. The zero-order chi connectivity index (χ0) is 31.7. The van der Waals surface area contributed by atoms with Gasteiger partial charge in [-0.3, -0.25) is 4.90 Å². The van der Waals surface area contributed by atoms with Crippen LogP contribution in [0.5, 0.6) is 17.4 Å². The van der Waals surface area contributed by atoms with E-state index in [1.807, 2.05) is 68.4 Å². The van der Waals surface area contributed by atoms with E-state index in [2.05, 4.69) is 82.7 Å². The Morgan fingerprint density at radius 1 is 0.652 bits per heavy atom. The maximum atomic E-state index is 11.2. The van der Waals surface area contributed by atoms with Gasteiger partial charge in [-0.2, -0.15) is 0 Å². The molecule has 0 aliphatic heterocycles. The number of aliphatic imine (C=N–C) groups is 1. The van der Waals surface area contributed by atoms with Crippen LogP contribution in [0.3, 0.4) is 0 Å². The molecule has 0 amide bonds. The van der Waals surface area contributed by atoms with E-state index in [9.17, 15) is 5.11 Å². The minimum Gasteiger partial charge on any atom is -0.494 e. The zero-order valence-corrected chi connectivity index (χ0v) is 26.3. The van der Waals surface area contributed by atoms with Crippen LogP contribution in [-0.4, -0.2) is 33.9 Å². The predicted molar refractivity (Wildman–Crippen MR) is 186 cm³/mol. The van der Waals surface area contributed by atoms with Gasteiger partial charge < -0.3 is 19.6 Å². The predicted octanol–water partition coefficient (Wildman–Crippen LogP) is 9.04. The van der Waals surface area contributed by atoms with Crippen LogP contribution in [-0.2, 0) is 19.6 Å². The van der Waals surface area contributed by atoms with Gasteiger partial charge >= 0.3 is 0 Å². The lowest BCUT2D eigenvalue weighted by atomic mass is 10.0. The van der Waals surface area contributed by atoms with Crippen LogP contribution in [0.15, 0.2) is 132 Å². The maximum absolute atomic E-state index is 11.2. The number of fused-ring (bicyclic) bond motifs is 1. The molecule has 6 nitrogen and oxygen atoms in total. The minimum absolute atomic E-state index is 0.0442. The molecular formula is C40H39N3O3. The fraction of sp³-hybridized carbons (Fsp3) is 0.175. The first-order chi connectivity index (χ1) is 22.6. The zero-order valence-electron chi connectivity index (χ0n) is 26.3. The van der Waals surface area contributed by atoms with Gasteiger partial charge in [0.05, 0.1) is 35.7 Å². The van der Waals surface area contributed by atoms with Gasteiger partial charge in [0.25, 0.3) is 0 Å². The number of aromatic nitrogens is 1. The highest BCUT2D eigenvalue weighted by Crippen LogP contribution is 2.38. The van der Waals surface area contributed by atoms with E-state index in [4.69, 9.17) is 14.5 Å². The van der Waals surface area contributed by atoms with Crippen molar-refractivity contribution in [2.75, 3.05) is 13.2 Å². The molecule has 232 valence electrons. The van der Waals surface area contributed by atoms with Gasteiger partial charge in [0, 0.05) is 36.7 Å². The quantitative estimate of drug-likeness (QED) is 0.128. The van der Waals surface area contributed by atoms with Crippen molar-refractivity contribution in [3.05, 3.63) is 155 Å². The highest BCUT2D eigenvalue weighted by Gasteiger charge is 2.21. The molecule has 0 saturated heterocycles. The van der Waals surface area contributed by atoms with E-state index in [0.29, 0.717) is 36.0 Å². The van der Waals surface area contributed by atoms with Crippen molar-refractivity contribution < 1.29 is 14.6 Å². The number of benzene rings is 5. The summed E-state index contributed by atoms with van der Waals surface area (Å²) in [5.74, 6) is 1.30. The molecule has 1 aromatic heterocycles. The Hall–Kier alpha value is -5.33. The first-order valence-corrected chi connectivity index (χ1v) is 15.8. The number of aromatic hydroxyl groups is 1. The lowest BCUT2D eigenvalue weighted by Crippen LogP contribution is -2.22. The third-order valence-electron chi connectivity index (χ3n) is 7.81. The van der Waals surface area contributed by atoms with Crippen LogP contribution in [0.25, 0.3) is 10.9 Å². The van der Waals surface area contributed by atoms with Gasteiger partial charge in [0.15, 0.2) is 17.4 Å². The summed E-state index contributed by atoms with van der Waals surface area (Å²) in [5.41, 5.74) is 7.49. The van der Waals surface area contributed by atoms with Crippen LogP contribution in [0.4, 0.5) is 5.69 Å². The van der Waals surface area contributed by atoms with Crippen LogP contribution in [0.1, 0.15) is 41.7 Å². The molecule has 0 aliphatic carbocycles. The van der Waals surface area contributed by atoms with E-state index in [-0.39, 0.29) is 5.88 Å². The second-order valence-electron chi connectivity index (χ2n) is 11.2. The van der Waals surface area contributed by atoms with Crippen molar-refractivity contribution in [2.45, 2.75) is 33.5 Å². The normalized spacial score (nSPS) is 11.7. The first kappa shape index (κ1) is 30.7. The number of nitrogens with zero attached hydrogens (tertiary/aromatic N) is 2. The average Bonchev–Trinajstić information content (AvgIpc) is 3.40. The van der Waals surface area contributed by atoms with Gasteiger partial charge in [-0.1, -0.05) is 103 Å². The van der Waals surface area contributed by atoms with Crippen molar-refractivity contribution in [1.82, 2.24) is 9.88 Å². The van der Waals surface area contributed by atoms with Crippen LogP contribution < -0.4 is 9.47 Å². The lowest BCUT2D eigenvalue weighted by molar-refractivity contribution is 0.248. The number of hydrogen-bond donors (Lipinski definition) is 2. The first-order valence-electron chi connectivity index (χ1n) is 15.8. The highest BCUT2D eigenvalue weighted by atomic mass is 16.5. The van der Waals surface area contributed by atoms with Crippen molar-refractivity contribution in [2.24, 2.45) is 4.99 Å². The third kappa shape index (κ3) is 7.31. The molecule has 0 saturated carbocycles. The number of H-pyrrole nitrogens is 1. The number of ether oxygens (including phenoxy) is 2. The smallest absolute Gasteiger partial charge is 0.199 e. The average molecular weight is 610 g/mol. The molecule has 2 N–H and O–H groups in total. The molecule has 5 aromatic carbocycles. The van der Waals surface area contributed by atoms with Gasteiger partial charge in [-0.15, -0.1) is 0 Å². The molecule has 6 heteroatoms. The Labute approximate surface area is 270 Å². The van der Waals surface area contributed by atoms with Gasteiger partial charge in [0.2, 0.25) is 0 Å². The summed E-state index contributed by atoms with van der Waals surface area (Å²) in [7, 11) is 0. The second kappa shape index (κ2) is 14.6. The summed E-state index contributed by atoms with van der Waals surface area (Å²) < 4.78 is 11.8. The van der Waals surface area contributed by atoms with E-state index in [1.54, 1.807) is 0 Å². The maximum Gasteiger partial charge on any atom is 0.199 e. The molecule has 6 rings (SSSR count). The standard InChI is InChI=1S/C40H39N3O3/c1-3-45-36-24-34-35(25-37(36)46-4-2)42-40(44)38(34)39(32-18-12-7-13-19-32)41-33-22-20-31(21-23-33)28-43(26-29-14-8-5-9-15-29)27-30-16-10-6-11-17-30/h5-25,42,44H,3-4,26-28H2,1-2H3. The van der Waals surface area contributed by atoms with Crippen molar-refractivity contribution in [3.8, 4) is 17.4 Å². The van der Waals surface area contributed by atoms with Crippen molar-refractivity contribution >= 4 is 22.3 Å². The van der Waals surface area contributed by atoms with E-state index < -0.39 is 0 Å². The molecule has 46 heavy (non-hydrogen) atoms. The number of hydrogen-bond acceptors (Lipinski definition) is 5. The summed E-state index contributed by atoms with van der Waals surface area (Å²) in [5, 5.41) is 12.1. The van der Waals surface area contributed by atoms with Gasteiger partial charge in [-0.05, 0) is 48.7 Å². The fourth-order valence-corrected chi connectivity index (χ4v) is 5.74. The Kier molecular flexibility index (Phi) is 9.76. The summed E-state index contributed by atoms with van der Waals surface area (Å²) in [4.78, 5) is 10.7. The number of rotatable bonds is 13. The summed E-state index contributed by atoms with van der Waals surface area (Å²) >= 11 is 0. The lowest BCUT2D eigenvalue weighted by Gasteiger charge is -2.23. The molecule has 0 atom stereocenters. The van der Waals surface area contributed by atoms with Crippen LogP contribution >= 0.6 is 0 Å². The molecule has 0 bridgehead atoms. The van der Waals surface area contributed by atoms with E-state index in [1.165, 1.54) is 16.7 Å². The number of nitrogens with one attached hydrogen (secondary N) is 1. The van der Waals surface area contributed by atoms with Crippen LogP contribution in [0, 0.1) is 0 Å². The summed E-state index contributed by atoms with van der Waals surface area (Å²) in [6.07, 6.45) is 0. The molecule has 6 aromatic rings. The topological polar surface area (TPSA) is 70.1 Å². The Morgan fingerprint density at radius 3 is 1.70 bits per heavy atom. The van der Waals surface area contributed by atoms with E-state index in [0.717, 1.165) is 41.8 Å². The van der Waals surface area contributed by atoms with Gasteiger partial charge in [0.1, 0.15) is 0 Å². The fourth-order valence-electron chi connectivity index (χ4n) is 5.74. The Bertz CT molecular complexity index is 1840. The molecule has 0 fully saturated rings. The monoisotopic (exact) mass is 609 g/mol. The minimum atomic E-state index is 0.0442. The Morgan fingerprint density at radius 2 is 1.15 bits per heavy atom. The SMILES string of the molecule is CCOc1cc2[nH]c(O)c(C(=Nc3ccc(CN(Cc4ccccc4)Cc4ccccc4)cc3)c3ccccc3)c2cc1OCC. The second-order valence-corrected chi connectivity index (χ2v) is 11.2. The molecular weight excluding hydrogens is 570 g/mol. The van der Waals surface area contributed by atoms with Crippen molar-refractivity contribution in [1.29, 1.82) is 0 Å². The molecule has 0 unspecified atom stereocenters. The Balaban J connectivity index is 1.34. The molecule has 0 spiro atoms. The summed E-state index contributed by atoms with van der Waals surface area (Å²) in [6.45, 7) is 7.38. The van der Waals surface area contributed by atoms with Gasteiger partial charge in [-0.25, -0.2) is 4.99 Å². The third-order valence-corrected chi connectivity index (χ3v) is 7.81. The molecule has 1 heterocycles. The van der Waals surface area contributed by atoms with Crippen molar-refractivity contribution in [3.63, 3.8) is 0 Å².